The minimum atomic E-state index is -0.623. The van der Waals surface area contributed by atoms with Crippen LogP contribution < -0.4 is 5.32 Å². The van der Waals surface area contributed by atoms with Crippen LogP contribution in [0.5, 0.6) is 5.75 Å². The number of pyridine rings is 2. The minimum Gasteiger partial charge on any atom is -0.505 e. The zero-order valence-corrected chi connectivity index (χ0v) is 15.6. The molecule has 28 heavy (non-hydrogen) atoms. The molecular weight excluding hydrogens is 353 g/mol. The molecule has 0 aliphatic heterocycles. The van der Waals surface area contributed by atoms with Gasteiger partial charge in [0, 0.05) is 27.9 Å². The molecule has 2 aromatic heterocycles. The maximum Gasteiger partial charge on any atom is 0.147 e. The van der Waals surface area contributed by atoms with Crippen molar-refractivity contribution in [1.82, 2.24) is 9.97 Å². The zero-order chi connectivity index (χ0) is 19.7. The second-order valence-electron chi connectivity index (χ2n) is 6.79. The molecule has 0 spiro atoms. The molecule has 2 heterocycles. The SMILES string of the molecule is Cc1cccc(NC(c2ccccc2F)c2ccc3ccc(C)nc3c2O)n1. The molecule has 140 valence electrons. The predicted molar refractivity (Wildman–Crippen MR) is 109 cm³/mol. The molecule has 5 heteroatoms. The number of phenols is 1. The van der Waals surface area contributed by atoms with E-state index < -0.39 is 6.04 Å². The molecule has 0 aliphatic rings. The third-order valence-corrected chi connectivity index (χ3v) is 4.71. The average Bonchev–Trinajstić information content (AvgIpc) is 2.68. The van der Waals surface area contributed by atoms with Crippen LogP contribution in [-0.4, -0.2) is 15.1 Å². The van der Waals surface area contributed by atoms with Gasteiger partial charge in [-0.3, -0.25) is 0 Å². The van der Waals surface area contributed by atoms with Crippen molar-refractivity contribution < 1.29 is 9.50 Å². The standard InChI is InChI=1S/C23H20FN3O/c1-14-6-5-9-20(25-14)27-22(17-7-3-4-8-19(17)24)18-13-12-16-11-10-15(2)26-21(16)23(18)28/h3-13,22,28H,1-2H3,(H,25,27). The van der Waals surface area contributed by atoms with Crippen LogP contribution in [0.1, 0.15) is 28.6 Å². The summed E-state index contributed by atoms with van der Waals surface area (Å²) in [5.74, 6) is 0.281. The first-order valence-corrected chi connectivity index (χ1v) is 9.07. The monoisotopic (exact) mass is 373 g/mol. The molecule has 4 rings (SSSR count). The number of aromatic hydroxyl groups is 1. The Bertz CT molecular complexity index is 1160. The number of hydrogen-bond acceptors (Lipinski definition) is 4. The number of nitrogens with one attached hydrogen (secondary N) is 1. The highest BCUT2D eigenvalue weighted by Gasteiger charge is 2.23. The summed E-state index contributed by atoms with van der Waals surface area (Å²) in [7, 11) is 0. The van der Waals surface area contributed by atoms with Crippen LogP contribution in [0, 0.1) is 19.7 Å². The summed E-state index contributed by atoms with van der Waals surface area (Å²) in [5, 5.41) is 15.1. The van der Waals surface area contributed by atoms with E-state index in [0.717, 1.165) is 16.8 Å². The normalized spacial score (nSPS) is 12.1. The summed E-state index contributed by atoms with van der Waals surface area (Å²) >= 11 is 0. The zero-order valence-electron chi connectivity index (χ0n) is 15.6. The Balaban J connectivity index is 1.89. The summed E-state index contributed by atoms with van der Waals surface area (Å²) in [6.45, 7) is 3.76. The summed E-state index contributed by atoms with van der Waals surface area (Å²) in [6.07, 6.45) is 0. The summed E-state index contributed by atoms with van der Waals surface area (Å²) < 4.78 is 14.7. The van der Waals surface area contributed by atoms with E-state index in [1.165, 1.54) is 6.07 Å². The third kappa shape index (κ3) is 3.39. The Morgan fingerprint density at radius 1 is 0.821 bits per heavy atom. The number of aryl methyl sites for hydroxylation is 2. The van der Waals surface area contributed by atoms with Crippen LogP contribution in [0.4, 0.5) is 10.2 Å². The van der Waals surface area contributed by atoms with Crippen molar-refractivity contribution in [3.8, 4) is 5.75 Å². The highest BCUT2D eigenvalue weighted by Crippen LogP contribution is 2.37. The summed E-state index contributed by atoms with van der Waals surface area (Å²) in [5.41, 5.74) is 3.11. The van der Waals surface area contributed by atoms with E-state index in [-0.39, 0.29) is 11.6 Å². The highest BCUT2D eigenvalue weighted by atomic mass is 19.1. The largest absolute Gasteiger partial charge is 0.505 e. The van der Waals surface area contributed by atoms with Gasteiger partial charge in [-0.05, 0) is 38.1 Å². The van der Waals surface area contributed by atoms with Gasteiger partial charge in [0.25, 0.3) is 0 Å². The Hall–Kier alpha value is -3.47. The number of aromatic nitrogens is 2. The molecule has 0 saturated heterocycles. The number of rotatable bonds is 4. The van der Waals surface area contributed by atoms with Crippen LogP contribution in [0.2, 0.25) is 0 Å². The molecule has 4 aromatic rings. The smallest absolute Gasteiger partial charge is 0.147 e. The van der Waals surface area contributed by atoms with Gasteiger partial charge in [0.1, 0.15) is 22.9 Å². The third-order valence-electron chi connectivity index (χ3n) is 4.71. The fourth-order valence-corrected chi connectivity index (χ4v) is 3.32. The van der Waals surface area contributed by atoms with Gasteiger partial charge in [0.2, 0.25) is 0 Å². The van der Waals surface area contributed by atoms with E-state index in [1.807, 2.05) is 50.2 Å². The Kier molecular flexibility index (Phi) is 4.65. The average molecular weight is 373 g/mol. The predicted octanol–water partition coefficient (Wildman–Crippen LogP) is 5.29. The van der Waals surface area contributed by atoms with Gasteiger partial charge < -0.3 is 10.4 Å². The van der Waals surface area contributed by atoms with Crippen molar-refractivity contribution in [2.75, 3.05) is 5.32 Å². The maximum atomic E-state index is 14.7. The van der Waals surface area contributed by atoms with Gasteiger partial charge in [-0.2, -0.15) is 0 Å². The second-order valence-corrected chi connectivity index (χ2v) is 6.79. The van der Waals surface area contributed by atoms with Crippen molar-refractivity contribution >= 4 is 16.7 Å². The maximum absolute atomic E-state index is 14.7. The van der Waals surface area contributed by atoms with Crippen LogP contribution in [-0.2, 0) is 0 Å². The first-order chi connectivity index (χ1) is 13.5. The van der Waals surface area contributed by atoms with E-state index in [4.69, 9.17) is 0 Å². The molecule has 4 nitrogen and oxygen atoms in total. The van der Waals surface area contributed by atoms with Crippen molar-refractivity contribution in [1.29, 1.82) is 0 Å². The fourth-order valence-electron chi connectivity index (χ4n) is 3.32. The molecule has 0 aliphatic carbocycles. The van der Waals surface area contributed by atoms with E-state index in [1.54, 1.807) is 24.3 Å². The van der Waals surface area contributed by atoms with E-state index in [2.05, 4.69) is 15.3 Å². The molecule has 2 N–H and O–H groups in total. The molecule has 0 fully saturated rings. The first-order valence-electron chi connectivity index (χ1n) is 9.07. The van der Waals surface area contributed by atoms with Crippen LogP contribution in [0.15, 0.2) is 66.7 Å². The topological polar surface area (TPSA) is 58.0 Å². The lowest BCUT2D eigenvalue weighted by atomic mass is 9.95. The quantitative estimate of drug-likeness (QED) is 0.510. The summed E-state index contributed by atoms with van der Waals surface area (Å²) in [4.78, 5) is 8.94. The number of benzene rings is 2. The van der Waals surface area contributed by atoms with Gasteiger partial charge >= 0.3 is 0 Å². The lowest BCUT2D eigenvalue weighted by Crippen LogP contribution is -2.15. The van der Waals surface area contributed by atoms with E-state index in [9.17, 15) is 9.50 Å². The second kappa shape index (κ2) is 7.27. The number of anilines is 1. The Morgan fingerprint density at radius 2 is 1.57 bits per heavy atom. The number of hydrogen-bond donors (Lipinski definition) is 2. The van der Waals surface area contributed by atoms with Crippen molar-refractivity contribution in [2.45, 2.75) is 19.9 Å². The molecule has 2 aromatic carbocycles. The molecular formula is C23H20FN3O. The molecule has 1 atom stereocenters. The number of halogens is 1. The Morgan fingerprint density at radius 3 is 2.36 bits per heavy atom. The van der Waals surface area contributed by atoms with Gasteiger partial charge in [0.15, 0.2) is 0 Å². The van der Waals surface area contributed by atoms with Gasteiger partial charge in [-0.25, -0.2) is 14.4 Å². The van der Waals surface area contributed by atoms with Crippen molar-refractivity contribution in [3.05, 3.63) is 95.1 Å². The minimum absolute atomic E-state index is 0.0367. The fraction of sp³-hybridized carbons (Fsp3) is 0.130. The molecule has 0 amide bonds. The number of nitrogens with zero attached hydrogens (tertiary/aromatic N) is 2. The molecule has 0 radical (unpaired) electrons. The molecule has 0 bridgehead atoms. The highest BCUT2D eigenvalue weighted by molar-refractivity contribution is 5.86. The lowest BCUT2D eigenvalue weighted by Gasteiger charge is -2.22. The number of phenolic OH excluding ortho intramolecular Hbond substituents is 1. The number of fused-ring (bicyclic) bond motifs is 1. The van der Waals surface area contributed by atoms with Gasteiger partial charge in [0.05, 0.1) is 6.04 Å². The lowest BCUT2D eigenvalue weighted by molar-refractivity contribution is 0.470. The van der Waals surface area contributed by atoms with Crippen LogP contribution >= 0.6 is 0 Å². The van der Waals surface area contributed by atoms with Crippen LogP contribution in [0.3, 0.4) is 0 Å². The summed E-state index contributed by atoms with van der Waals surface area (Å²) in [6, 6.07) is 19.0. The molecule has 1 unspecified atom stereocenters. The Labute approximate surface area is 162 Å². The van der Waals surface area contributed by atoms with Crippen LogP contribution in [0.25, 0.3) is 10.9 Å². The van der Waals surface area contributed by atoms with E-state index in [0.29, 0.717) is 22.5 Å². The molecule has 0 saturated carbocycles. The first kappa shape index (κ1) is 17.9. The van der Waals surface area contributed by atoms with Crippen molar-refractivity contribution in [3.63, 3.8) is 0 Å². The van der Waals surface area contributed by atoms with Gasteiger partial charge in [-0.1, -0.05) is 42.5 Å². The van der Waals surface area contributed by atoms with Gasteiger partial charge in [-0.15, -0.1) is 0 Å². The van der Waals surface area contributed by atoms with E-state index >= 15 is 0 Å². The van der Waals surface area contributed by atoms with Crippen molar-refractivity contribution in [2.24, 2.45) is 0 Å².